The van der Waals surface area contributed by atoms with Crippen LogP contribution in [0.1, 0.15) is 22.3 Å². The fraction of sp³-hybridized carbons (Fsp3) is 0.400. The molecule has 1 rings (SSSR count). The van der Waals surface area contributed by atoms with Crippen LogP contribution in [-0.2, 0) is 10.0 Å². The number of sulfonamides is 1. The Hall–Kier alpha value is -0.910. The molecule has 0 heterocycles. The van der Waals surface area contributed by atoms with E-state index in [2.05, 4.69) is 0 Å². The molecule has 0 bridgehead atoms. The first kappa shape index (κ1) is 12.2. The molecule has 0 aliphatic heterocycles. The molecule has 0 fully saturated rings. The minimum Gasteiger partial charge on any atom is -0.257 e. The van der Waals surface area contributed by atoms with Gasteiger partial charge in [-0.25, -0.2) is 8.42 Å². The van der Waals surface area contributed by atoms with E-state index in [1.54, 1.807) is 13.8 Å². The highest BCUT2D eigenvalue weighted by Gasteiger charge is 2.20. The number of benzene rings is 1. The minimum atomic E-state index is -3.58. The SMILES string of the molecule is Cc1cc(C)c(C)c(S(=O)(=O)NN)c1C. The molecular weight excluding hydrogens is 212 g/mol. The lowest BCUT2D eigenvalue weighted by molar-refractivity contribution is 0.582. The van der Waals surface area contributed by atoms with E-state index in [9.17, 15) is 8.42 Å². The Morgan fingerprint density at radius 3 is 1.80 bits per heavy atom. The predicted molar refractivity (Wildman–Crippen MR) is 59.9 cm³/mol. The van der Waals surface area contributed by atoms with Crippen molar-refractivity contribution >= 4 is 10.0 Å². The summed E-state index contributed by atoms with van der Waals surface area (Å²) in [4.78, 5) is 2.16. The second-order valence-electron chi connectivity index (χ2n) is 3.71. The van der Waals surface area contributed by atoms with Crippen molar-refractivity contribution in [3.05, 3.63) is 28.3 Å². The molecule has 3 N–H and O–H groups in total. The van der Waals surface area contributed by atoms with E-state index in [0.29, 0.717) is 4.90 Å². The Kier molecular flexibility index (Phi) is 3.18. The zero-order valence-corrected chi connectivity index (χ0v) is 10.2. The average Bonchev–Trinajstić information content (AvgIpc) is 2.15. The van der Waals surface area contributed by atoms with Gasteiger partial charge in [0.15, 0.2) is 0 Å². The van der Waals surface area contributed by atoms with Crippen LogP contribution in [-0.4, -0.2) is 8.42 Å². The van der Waals surface area contributed by atoms with Gasteiger partial charge in [-0.05, 0) is 49.9 Å². The molecule has 0 saturated heterocycles. The molecule has 0 atom stereocenters. The maximum absolute atomic E-state index is 11.7. The van der Waals surface area contributed by atoms with Gasteiger partial charge in [0.1, 0.15) is 0 Å². The summed E-state index contributed by atoms with van der Waals surface area (Å²) in [7, 11) is -3.58. The summed E-state index contributed by atoms with van der Waals surface area (Å²) in [6.45, 7) is 7.34. The third-order valence-electron chi connectivity index (χ3n) is 2.72. The molecule has 0 aromatic heterocycles. The van der Waals surface area contributed by atoms with E-state index in [1.165, 1.54) is 0 Å². The average molecular weight is 228 g/mol. The maximum atomic E-state index is 11.7. The number of nitrogens with two attached hydrogens (primary N) is 1. The van der Waals surface area contributed by atoms with Crippen molar-refractivity contribution in [2.75, 3.05) is 0 Å². The van der Waals surface area contributed by atoms with Gasteiger partial charge >= 0.3 is 0 Å². The van der Waals surface area contributed by atoms with Gasteiger partial charge in [0.2, 0.25) is 0 Å². The second-order valence-corrected chi connectivity index (χ2v) is 5.36. The standard InChI is InChI=1S/C10H16N2O2S/c1-6-5-7(2)9(4)10(8(6)3)15(13,14)12-11/h5,12H,11H2,1-4H3. The fourth-order valence-electron chi connectivity index (χ4n) is 1.64. The van der Waals surface area contributed by atoms with E-state index in [4.69, 9.17) is 5.84 Å². The molecule has 0 saturated carbocycles. The minimum absolute atomic E-state index is 0.294. The molecule has 0 aliphatic carbocycles. The van der Waals surface area contributed by atoms with Crippen LogP contribution in [0.25, 0.3) is 0 Å². The van der Waals surface area contributed by atoms with Gasteiger partial charge < -0.3 is 0 Å². The lowest BCUT2D eigenvalue weighted by Crippen LogP contribution is -2.31. The highest BCUT2D eigenvalue weighted by atomic mass is 32.2. The van der Waals surface area contributed by atoms with Crippen molar-refractivity contribution in [2.24, 2.45) is 5.84 Å². The molecule has 4 nitrogen and oxygen atoms in total. The summed E-state index contributed by atoms with van der Waals surface area (Å²) < 4.78 is 23.4. The summed E-state index contributed by atoms with van der Waals surface area (Å²) in [6.07, 6.45) is 0. The lowest BCUT2D eigenvalue weighted by atomic mass is 10.0. The van der Waals surface area contributed by atoms with Crippen LogP contribution in [0.2, 0.25) is 0 Å². The van der Waals surface area contributed by atoms with Crippen LogP contribution in [0.4, 0.5) is 0 Å². The first-order chi connectivity index (χ1) is 6.81. The molecule has 0 unspecified atom stereocenters. The van der Waals surface area contributed by atoms with Crippen molar-refractivity contribution in [1.82, 2.24) is 4.83 Å². The Morgan fingerprint density at radius 2 is 1.47 bits per heavy atom. The lowest BCUT2D eigenvalue weighted by Gasteiger charge is -2.14. The Labute approximate surface area is 90.5 Å². The zero-order chi connectivity index (χ0) is 11.8. The number of hydrogen-bond donors (Lipinski definition) is 2. The molecule has 0 aliphatic rings. The predicted octanol–water partition coefficient (Wildman–Crippen LogP) is 1.07. The van der Waals surface area contributed by atoms with Crippen molar-refractivity contribution in [1.29, 1.82) is 0 Å². The first-order valence-electron chi connectivity index (χ1n) is 4.61. The van der Waals surface area contributed by atoms with E-state index in [0.717, 1.165) is 22.3 Å². The quantitative estimate of drug-likeness (QED) is 0.587. The fourth-order valence-corrected chi connectivity index (χ4v) is 2.89. The Morgan fingerprint density at radius 1 is 1.07 bits per heavy atom. The van der Waals surface area contributed by atoms with Gasteiger partial charge in [0.05, 0.1) is 4.90 Å². The molecule has 0 radical (unpaired) electrons. The van der Waals surface area contributed by atoms with Crippen molar-refractivity contribution in [3.63, 3.8) is 0 Å². The van der Waals surface area contributed by atoms with E-state index < -0.39 is 10.0 Å². The molecule has 0 spiro atoms. The summed E-state index contributed by atoms with van der Waals surface area (Å²) in [5.74, 6) is 5.04. The number of nitrogens with one attached hydrogen (secondary N) is 1. The molecule has 0 amide bonds. The first-order valence-corrected chi connectivity index (χ1v) is 6.09. The Bertz CT molecular complexity index is 466. The van der Waals surface area contributed by atoms with Gasteiger partial charge in [0, 0.05) is 0 Å². The van der Waals surface area contributed by atoms with Crippen LogP contribution in [0.5, 0.6) is 0 Å². The third-order valence-corrected chi connectivity index (χ3v) is 4.18. The third kappa shape index (κ3) is 2.04. The number of hydrogen-bond acceptors (Lipinski definition) is 3. The second kappa shape index (κ2) is 3.92. The van der Waals surface area contributed by atoms with Crippen LogP contribution < -0.4 is 10.7 Å². The molecule has 5 heteroatoms. The summed E-state index contributed by atoms with van der Waals surface area (Å²) in [6, 6.07) is 1.97. The topological polar surface area (TPSA) is 72.2 Å². The Balaban J connectivity index is 3.68. The summed E-state index contributed by atoms with van der Waals surface area (Å²) in [5.41, 5.74) is 3.39. The van der Waals surface area contributed by atoms with Gasteiger partial charge in [-0.15, -0.1) is 0 Å². The molecular formula is C10H16N2O2S. The molecule has 84 valence electrons. The number of aryl methyl sites for hydroxylation is 2. The van der Waals surface area contributed by atoms with Crippen LogP contribution >= 0.6 is 0 Å². The van der Waals surface area contributed by atoms with E-state index in [-0.39, 0.29) is 0 Å². The number of rotatable bonds is 2. The van der Waals surface area contributed by atoms with Gasteiger partial charge in [-0.3, -0.25) is 5.84 Å². The van der Waals surface area contributed by atoms with E-state index >= 15 is 0 Å². The van der Waals surface area contributed by atoms with Crippen LogP contribution in [0.15, 0.2) is 11.0 Å². The highest BCUT2D eigenvalue weighted by Crippen LogP contribution is 2.25. The van der Waals surface area contributed by atoms with Crippen molar-refractivity contribution in [2.45, 2.75) is 32.6 Å². The summed E-state index contributed by atoms with van der Waals surface area (Å²) >= 11 is 0. The van der Waals surface area contributed by atoms with Crippen molar-refractivity contribution < 1.29 is 8.42 Å². The monoisotopic (exact) mass is 228 g/mol. The van der Waals surface area contributed by atoms with E-state index in [1.807, 2.05) is 24.7 Å². The zero-order valence-electron chi connectivity index (χ0n) is 9.38. The van der Waals surface area contributed by atoms with Crippen LogP contribution in [0, 0.1) is 27.7 Å². The van der Waals surface area contributed by atoms with Crippen molar-refractivity contribution in [3.8, 4) is 0 Å². The van der Waals surface area contributed by atoms with Gasteiger partial charge in [0.25, 0.3) is 10.0 Å². The summed E-state index contributed by atoms with van der Waals surface area (Å²) in [5, 5.41) is 0. The highest BCUT2D eigenvalue weighted by molar-refractivity contribution is 7.89. The van der Waals surface area contributed by atoms with Gasteiger partial charge in [-0.1, -0.05) is 6.07 Å². The number of hydrazine groups is 1. The van der Waals surface area contributed by atoms with Gasteiger partial charge in [-0.2, -0.15) is 4.83 Å². The normalized spacial score (nSPS) is 11.8. The smallest absolute Gasteiger partial charge is 0.253 e. The maximum Gasteiger partial charge on any atom is 0.253 e. The van der Waals surface area contributed by atoms with Crippen LogP contribution in [0.3, 0.4) is 0 Å². The molecule has 1 aromatic carbocycles. The molecule has 1 aromatic rings. The largest absolute Gasteiger partial charge is 0.257 e. The molecule has 15 heavy (non-hydrogen) atoms.